The highest BCUT2D eigenvalue weighted by atomic mass is 16.5. The number of esters is 1. The summed E-state index contributed by atoms with van der Waals surface area (Å²) in [5.74, 6) is -0.186. The summed E-state index contributed by atoms with van der Waals surface area (Å²) in [7, 11) is 0. The second kappa shape index (κ2) is 7.55. The molecular weight excluding hydrogens is 250 g/mol. The molecule has 7 heteroatoms. The Balaban J connectivity index is 3.12. The summed E-state index contributed by atoms with van der Waals surface area (Å²) in [5.41, 5.74) is 6.19. The van der Waals surface area contributed by atoms with Gasteiger partial charge in [-0.15, -0.1) is 0 Å². The molecule has 0 aliphatic rings. The SMILES string of the molecule is CCOC(=O)c1cc(N)cnc1N(CCO)CCO. The molecule has 0 spiro atoms. The number of hydrogen-bond acceptors (Lipinski definition) is 7. The average Bonchev–Trinajstić information content (AvgIpc) is 2.39. The fraction of sp³-hybridized carbons (Fsp3) is 0.500. The highest BCUT2D eigenvalue weighted by Gasteiger charge is 2.19. The number of nitrogens with zero attached hydrogens (tertiary/aromatic N) is 2. The third-order valence-corrected chi connectivity index (χ3v) is 2.42. The van der Waals surface area contributed by atoms with Crippen molar-refractivity contribution >= 4 is 17.5 Å². The van der Waals surface area contributed by atoms with Crippen LogP contribution in [-0.4, -0.2) is 54.1 Å². The molecule has 1 heterocycles. The van der Waals surface area contributed by atoms with Crippen LogP contribution in [0.5, 0.6) is 0 Å². The van der Waals surface area contributed by atoms with Crippen LogP contribution in [0, 0.1) is 0 Å². The van der Waals surface area contributed by atoms with E-state index in [2.05, 4.69) is 4.98 Å². The molecule has 0 saturated heterocycles. The minimum atomic E-state index is -0.529. The van der Waals surface area contributed by atoms with Gasteiger partial charge < -0.3 is 25.6 Å². The summed E-state index contributed by atoms with van der Waals surface area (Å²) in [6.45, 7) is 2.22. The zero-order valence-electron chi connectivity index (χ0n) is 10.9. The zero-order chi connectivity index (χ0) is 14.3. The Bertz CT molecular complexity index is 419. The maximum Gasteiger partial charge on any atom is 0.341 e. The van der Waals surface area contributed by atoms with Gasteiger partial charge in [0.05, 0.1) is 31.7 Å². The van der Waals surface area contributed by atoms with E-state index in [1.807, 2.05) is 0 Å². The first-order valence-corrected chi connectivity index (χ1v) is 6.03. The van der Waals surface area contributed by atoms with Crippen molar-refractivity contribution in [3.8, 4) is 0 Å². The molecule has 1 aromatic heterocycles. The van der Waals surface area contributed by atoms with Crippen molar-refractivity contribution in [1.29, 1.82) is 0 Å². The Hall–Kier alpha value is -1.86. The van der Waals surface area contributed by atoms with Crippen LogP contribution in [0.1, 0.15) is 17.3 Å². The van der Waals surface area contributed by atoms with Crippen molar-refractivity contribution in [2.75, 3.05) is 43.5 Å². The van der Waals surface area contributed by atoms with E-state index in [1.165, 1.54) is 12.3 Å². The number of hydrogen-bond donors (Lipinski definition) is 3. The quantitative estimate of drug-likeness (QED) is 0.579. The van der Waals surface area contributed by atoms with Crippen LogP contribution in [0.2, 0.25) is 0 Å². The summed E-state index contributed by atoms with van der Waals surface area (Å²) in [5, 5.41) is 18.0. The fourth-order valence-corrected chi connectivity index (χ4v) is 1.65. The molecule has 1 aromatic rings. The summed E-state index contributed by atoms with van der Waals surface area (Å²) >= 11 is 0. The van der Waals surface area contributed by atoms with E-state index in [-0.39, 0.29) is 38.5 Å². The van der Waals surface area contributed by atoms with Gasteiger partial charge in [0.15, 0.2) is 0 Å². The number of nitrogens with two attached hydrogens (primary N) is 1. The van der Waals surface area contributed by atoms with Crippen molar-refractivity contribution in [3.63, 3.8) is 0 Å². The number of aromatic nitrogens is 1. The topological polar surface area (TPSA) is 109 Å². The first-order chi connectivity index (χ1) is 9.13. The van der Waals surface area contributed by atoms with E-state index in [0.29, 0.717) is 11.5 Å². The second-order valence-corrected chi connectivity index (χ2v) is 3.79. The summed E-state index contributed by atoms with van der Waals surface area (Å²) in [4.78, 5) is 17.6. The molecule has 7 nitrogen and oxygen atoms in total. The molecule has 0 aliphatic heterocycles. The van der Waals surface area contributed by atoms with Crippen LogP contribution in [0.3, 0.4) is 0 Å². The lowest BCUT2D eigenvalue weighted by Crippen LogP contribution is -2.32. The van der Waals surface area contributed by atoms with Crippen molar-refractivity contribution in [1.82, 2.24) is 4.98 Å². The Kier molecular flexibility index (Phi) is 6.04. The molecular formula is C12H19N3O4. The van der Waals surface area contributed by atoms with E-state index in [9.17, 15) is 4.79 Å². The standard InChI is InChI=1S/C12H19N3O4/c1-2-19-12(18)10-7-9(13)8-14-11(10)15(3-5-16)4-6-17/h7-8,16-17H,2-6,13H2,1H3. The van der Waals surface area contributed by atoms with Gasteiger partial charge >= 0.3 is 5.97 Å². The largest absolute Gasteiger partial charge is 0.462 e. The van der Waals surface area contributed by atoms with Crippen LogP contribution in [0.4, 0.5) is 11.5 Å². The van der Waals surface area contributed by atoms with Crippen molar-refractivity contribution in [2.45, 2.75) is 6.92 Å². The lowest BCUT2D eigenvalue weighted by atomic mass is 10.2. The van der Waals surface area contributed by atoms with E-state index >= 15 is 0 Å². The molecule has 1 rings (SSSR count). The lowest BCUT2D eigenvalue weighted by Gasteiger charge is -2.23. The van der Waals surface area contributed by atoms with Gasteiger partial charge in [-0.2, -0.15) is 0 Å². The molecule has 0 saturated carbocycles. The van der Waals surface area contributed by atoms with Crippen LogP contribution in [0.15, 0.2) is 12.3 Å². The van der Waals surface area contributed by atoms with Crippen LogP contribution < -0.4 is 10.6 Å². The molecule has 0 radical (unpaired) electrons. The number of pyridine rings is 1. The Labute approximate surface area is 111 Å². The third-order valence-electron chi connectivity index (χ3n) is 2.42. The average molecular weight is 269 g/mol. The van der Waals surface area contributed by atoms with Gasteiger partial charge in [-0.1, -0.05) is 0 Å². The third kappa shape index (κ3) is 4.08. The minimum absolute atomic E-state index is 0.117. The molecule has 0 aromatic carbocycles. The molecule has 0 atom stereocenters. The van der Waals surface area contributed by atoms with E-state index < -0.39 is 5.97 Å². The number of ether oxygens (including phenoxy) is 1. The van der Waals surface area contributed by atoms with Gasteiger partial charge in [-0.25, -0.2) is 9.78 Å². The molecule has 19 heavy (non-hydrogen) atoms. The summed E-state index contributed by atoms with van der Waals surface area (Å²) in [6, 6.07) is 1.47. The predicted molar refractivity (Wildman–Crippen MR) is 71.0 cm³/mol. The van der Waals surface area contributed by atoms with Gasteiger partial charge in [0, 0.05) is 13.1 Å². The molecule has 4 N–H and O–H groups in total. The highest BCUT2D eigenvalue weighted by molar-refractivity contribution is 5.95. The second-order valence-electron chi connectivity index (χ2n) is 3.79. The molecule has 106 valence electrons. The van der Waals surface area contributed by atoms with E-state index in [0.717, 1.165) is 0 Å². The van der Waals surface area contributed by atoms with Crippen LogP contribution in [-0.2, 0) is 4.74 Å². The zero-order valence-corrected chi connectivity index (χ0v) is 10.9. The molecule has 0 unspecified atom stereocenters. The van der Waals surface area contributed by atoms with Gasteiger partial charge in [-0.05, 0) is 13.0 Å². The van der Waals surface area contributed by atoms with Crippen molar-refractivity contribution in [3.05, 3.63) is 17.8 Å². The number of aliphatic hydroxyl groups excluding tert-OH is 2. The number of aliphatic hydroxyl groups is 2. The smallest absolute Gasteiger partial charge is 0.341 e. The van der Waals surface area contributed by atoms with Crippen LogP contribution >= 0.6 is 0 Å². The van der Waals surface area contributed by atoms with E-state index in [1.54, 1.807) is 11.8 Å². The number of carbonyl (C=O) groups excluding carboxylic acids is 1. The molecule has 0 amide bonds. The maximum absolute atomic E-state index is 11.9. The number of carbonyl (C=O) groups is 1. The number of nitrogen functional groups attached to an aromatic ring is 1. The number of rotatable bonds is 7. The first-order valence-electron chi connectivity index (χ1n) is 6.03. The molecule has 0 fully saturated rings. The maximum atomic E-state index is 11.9. The van der Waals surface area contributed by atoms with E-state index in [4.69, 9.17) is 20.7 Å². The Morgan fingerprint density at radius 2 is 2.05 bits per heavy atom. The first kappa shape index (κ1) is 15.2. The fourth-order valence-electron chi connectivity index (χ4n) is 1.65. The van der Waals surface area contributed by atoms with Gasteiger partial charge in [0.25, 0.3) is 0 Å². The normalized spacial score (nSPS) is 10.3. The Morgan fingerprint density at radius 1 is 1.42 bits per heavy atom. The monoisotopic (exact) mass is 269 g/mol. The summed E-state index contributed by atoms with van der Waals surface area (Å²) < 4.78 is 4.94. The molecule has 0 aliphatic carbocycles. The number of anilines is 2. The predicted octanol–water partition coefficient (Wildman–Crippen LogP) is -0.369. The van der Waals surface area contributed by atoms with Crippen LogP contribution in [0.25, 0.3) is 0 Å². The molecule has 0 bridgehead atoms. The lowest BCUT2D eigenvalue weighted by molar-refractivity contribution is 0.0526. The highest BCUT2D eigenvalue weighted by Crippen LogP contribution is 2.20. The van der Waals surface area contributed by atoms with Gasteiger partial charge in [0.1, 0.15) is 11.4 Å². The van der Waals surface area contributed by atoms with Crippen molar-refractivity contribution < 1.29 is 19.7 Å². The Morgan fingerprint density at radius 3 is 2.58 bits per heavy atom. The summed E-state index contributed by atoms with van der Waals surface area (Å²) in [6.07, 6.45) is 1.42. The van der Waals surface area contributed by atoms with Gasteiger partial charge in [0.2, 0.25) is 0 Å². The van der Waals surface area contributed by atoms with Crippen molar-refractivity contribution in [2.24, 2.45) is 0 Å². The van der Waals surface area contributed by atoms with Gasteiger partial charge in [-0.3, -0.25) is 0 Å². The minimum Gasteiger partial charge on any atom is -0.462 e.